The van der Waals surface area contributed by atoms with Crippen LogP contribution in [0.25, 0.3) is 0 Å². The Kier molecular flexibility index (Phi) is 6.63. The summed E-state index contributed by atoms with van der Waals surface area (Å²) in [5, 5.41) is 4.96. The fourth-order valence-electron chi connectivity index (χ4n) is 3.04. The number of amides is 1. The highest BCUT2D eigenvalue weighted by Crippen LogP contribution is 2.26. The molecule has 0 saturated heterocycles. The molecule has 0 aliphatic rings. The van der Waals surface area contributed by atoms with E-state index in [0.717, 1.165) is 5.56 Å². The molecule has 1 heterocycles. The number of anilines is 1. The maximum atomic E-state index is 13.7. The normalized spacial score (nSPS) is 10.6. The zero-order valence-corrected chi connectivity index (χ0v) is 18.3. The van der Waals surface area contributed by atoms with Crippen molar-refractivity contribution in [2.45, 2.75) is 6.61 Å². The van der Waals surface area contributed by atoms with E-state index in [-0.39, 0.29) is 24.0 Å². The molecule has 160 valence electrons. The van der Waals surface area contributed by atoms with Crippen LogP contribution in [0.2, 0.25) is 5.02 Å². The van der Waals surface area contributed by atoms with Gasteiger partial charge in [0, 0.05) is 21.7 Å². The summed E-state index contributed by atoms with van der Waals surface area (Å²) in [6.07, 6.45) is 0. The minimum absolute atomic E-state index is 0.128. The largest absolute Gasteiger partial charge is 0.486 e. The number of hydrogen-bond donors (Lipinski definition) is 1. The maximum absolute atomic E-state index is 13.7. The van der Waals surface area contributed by atoms with Crippen LogP contribution in [0.3, 0.4) is 0 Å². The molecule has 4 aromatic rings. The molecule has 0 spiro atoms. The molecule has 1 amide bonds. The van der Waals surface area contributed by atoms with Gasteiger partial charge in [-0.1, -0.05) is 54.1 Å². The van der Waals surface area contributed by atoms with Gasteiger partial charge in [0.2, 0.25) is 0 Å². The molecular formula is C25H17ClFNO3S. The van der Waals surface area contributed by atoms with E-state index < -0.39 is 5.82 Å². The van der Waals surface area contributed by atoms with Gasteiger partial charge in [0.25, 0.3) is 5.91 Å². The second-order valence-electron chi connectivity index (χ2n) is 6.88. The van der Waals surface area contributed by atoms with Crippen molar-refractivity contribution in [3.8, 4) is 5.75 Å². The van der Waals surface area contributed by atoms with Gasteiger partial charge in [-0.3, -0.25) is 9.59 Å². The van der Waals surface area contributed by atoms with Gasteiger partial charge in [0.15, 0.2) is 17.3 Å². The van der Waals surface area contributed by atoms with E-state index in [2.05, 4.69) is 5.32 Å². The summed E-state index contributed by atoms with van der Waals surface area (Å²) in [6.45, 7) is 0.128. The maximum Gasteiger partial charge on any atom is 0.265 e. The predicted molar refractivity (Wildman–Crippen MR) is 124 cm³/mol. The Morgan fingerprint density at radius 2 is 1.72 bits per heavy atom. The van der Waals surface area contributed by atoms with E-state index in [1.54, 1.807) is 66.0 Å². The van der Waals surface area contributed by atoms with Crippen LogP contribution in [-0.2, 0) is 6.61 Å². The standard InChI is InChI=1S/C25H17ClFNO3S/c26-18-10-11-21(19(13-18)24(29)17-6-2-1-3-7-17)28-25(30)23-12-16(15-32-23)14-31-22-9-5-4-8-20(22)27/h1-13,15H,14H2,(H,28,30). The number of carbonyl (C=O) groups is 2. The molecule has 0 aliphatic carbocycles. The molecule has 0 unspecified atom stereocenters. The number of ketones is 1. The van der Waals surface area contributed by atoms with Crippen molar-refractivity contribution in [2.24, 2.45) is 0 Å². The third-order valence-electron chi connectivity index (χ3n) is 4.62. The molecule has 0 atom stereocenters. The third kappa shape index (κ3) is 5.04. The van der Waals surface area contributed by atoms with Gasteiger partial charge in [-0.15, -0.1) is 11.3 Å². The number of thiophene rings is 1. The van der Waals surface area contributed by atoms with Crippen molar-refractivity contribution in [2.75, 3.05) is 5.32 Å². The number of rotatable bonds is 7. The average Bonchev–Trinajstić information content (AvgIpc) is 3.29. The van der Waals surface area contributed by atoms with Crippen LogP contribution in [0.4, 0.5) is 10.1 Å². The number of para-hydroxylation sites is 1. The number of carbonyl (C=O) groups excluding carboxylic acids is 2. The van der Waals surface area contributed by atoms with Crippen LogP contribution in [-0.4, -0.2) is 11.7 Å². The van der Waals surface area contributed by atoms with Crippen LogP contribution in [0.1, 0.15) is 31.2 Å². The first kappa shape index (κ1) is 21.7. The van der Waals surface area contributed by atoms with Crippen LogP contribution < -0.4 is 10.1 Å². The Labute approximate surface area is 193 Å². The highest BCUT2D eigenvalue weighted by molar-refractivity contribution is 7.12. The lowest BCUT2D eigenvalue weighted by atomic mass is 10.0. The summed E-state index contributed by atoms with van der Waals surface area (Å²) in [7, 11) is 0. The van der Waals surface area contributed by atoms with E-state index in [1.165, 1.54) is 23.5 Å². The summed E-state index contributed by atoms with van der Waals surface area (Å²) in [4.78, 5) is 26.2. The van der Waals surface area contributed by atoms with E-state index >= 15 is 0 Å². The smallest absolute Gasteiger partial charge is 0.265 e. The van der Waals surface area contributed by atoms with Crippen molar-refractivity contribution in [3.05, 3.63) is 117 Å². The Balaban J connectivity index is 1.49. The van der Waals surface area contributed by atoms with E-state index in [0.29, 0.717) is 26.7 Å². The molecule has 0 saturated carbocycles. The highest BCUT2D eigenvalue weighted by atomic mass is 35.5. The molecule has 0 aliphatic heterocycles. The molecule has 7 heteroatoms. The Morgan fingerprint density at radius 3 is 2.50 bits per heavy atom. The Bertz CT molecular complexity index is 1270. The van der Waals surface area contributed by atoms with Gasteiger partial charge < -0.3 is 10.1 Å². The lowest BCUT2D eigenvalue weighted by Gasteiger charge is -2.10. The molecule has 1 aromatic heterocycles. The summed E-state index contributed by atoms with van der Waals surface area (Å²) >= 11 is 7.33. The molecule has 32 heavy (non-hydrogen) atoms. The molecule has 3 aromatic carbocycles. The Morgan fingerprint density at radius 1 is 0.969 bits per heavy atom. The number of hydrogen-bond acceptors (Lipinski definition) is 4. The van der Waals surface area contributed by atoms with Crippen molar-refractivity contribution in [1.82, 2.24) is 0 Å². The highest BCUT2D eigenvalue weighted by Gasteiger charge is 2.18. The summed E-state index contributed by atoms with van der Waals surface area (Å²) < 4.78 is 19.2. The molecule has 0 radical (unpaired) electrons. The molecular weight excluding hydrogens is 449 g/mol. The predicted octanol–water partition coefficient (Wildman–Crippen LogP) is 6.60. The first-order chi connectivity index (χ1) is 15.5. The molecule has 0 bridgehead atoms. The number of ether oxygens (including phenoxy) is 1. The second-order valence-corrected chi connectivity index (χ2v) is 8.23. The van der Waals surface area contributed by atoms with Crippen molar-refractivity contribution >= 4 is 40.3 Å². The van der Waals surface area contributed by atoms with E-state index in [4.69, 9.17) is 16.3 Å². The molecule has 1 N–H and O–H groups in total. The monoisotopic (exact) mass is 465 g/mol. The second kappa shape index (κ2) is 9.77. The van der Waals surface area contributed by atoms with Gasteiger partial charge >= 0.3 is 0 Å². The summed E-state index contributed by atoms with van der Waals surface area (Å²) in [6, 6.07) is 21.3. The Hall–Kier alpha value is -3.48. The topological polar surface area (TPSA) is 55.4 Å². The van der Waals surface area contributed by atoms with Gasteiger partial charge in [0.05, 0.1) is 10.6 Å². The fraction of sp³-hybridized carbons (Fsp3) is 0.0400. The molecule has 4 nitrogen and oxygen atoms in total. The lowest BCUT2D eigenvalue weighted by Crippen LogP contribution is -2.14. The van der Waals surface area contributed by atoms with Gasteiger partial charge in [-0.25, -0.2) is 4.39 Å². The average molecular weight is 466 g/mol. The minimum Gasteiger partial charge on any atom is -0.486 e. The van der Waals surface area contributed by atoms with Crippen LogP contribution in [0.15, 0.2) is 84.2 Å². The number of halogens is 2. The number of benzene rings is 3. The van der Waals surface area contributed by atoms with Crippen LogP contribution >= 0.6 is 22.9 Å². The van der Waals surface area contributed by atoms with Crippen molar-refractivity contribution in [3.63, 3.8) is 0 Å². The minimum atomic E-state index is -0.445. The summed E-state index contributed by atoms with van der Waals surface area (Å²) in [5.74, 6) is -0.904. The van der Waals surface area contributed by atoms with Gasteiger partial charge in [0.1, 0.15) is 6.61 Å². The fourth-order valence-corrected chi connectivity index (χ4v) is 4.00. The van der Waals surface area contributed by atoms with Crippen molar-refractivity contribution in [1.29, 1.82) is 0 Å². The van der Waals surface area contributed by atoms with Gasteiger partial charge in [-0.05, 0) is 41.8 Å². The molecule has 4 rings (SSSR count). The van der Waals surface area contributed by atoms with E-state index in [9.17, 15) is 14.0 Å². The molecule has 0 fully saturated rings. The lowest BCUT2D eigenvalue weighted by molar-refractivity contribution is 0.103. The third-order valence-corrected chi connectivity index (χ3v) is 5.83. The quantitative estimate of drug-likeness (QED) is 0.313. The van der Waals surface area contributed by atoms with Crippen LogP contribution in [0.5, 0.6) is 5.75 Å². The zero-order chi connectivity index (χ0) is 22.5. The van der Waals surface area contributed by atoms with Gasteiger partial charge in [-0.2, -0.15) is 0 Å². The number of nitrogens with one attached hydrogen (secondary N) is 1. The first-order valence-electron chi connectivity index (χ1n) is 9.66. The van der Waals surface area contributed by atoms with Crippen LogP contribution in [0, 0.1) is 5.82 Å². The van der Waals surface area contributed by atoms with Crippen molar-refractivity contribution < 1.29 is 18.7 Å². The summed E-state index contributed by atoms with van der Waals surface area (Å²) in [5.41, 5.74) is 1.90. The SMILES string of the molecule is O=C(Nc1ccc(Cl)cc1C(=O)c1ccccc1)c1cc(COc2ccccc2F)cs1. The first-order valence-corrected chi connectivity index (χ1v) is 10.9. The van der Waals surface area contributed by atoms with E-state index in [1.807, 2.05) is 6.07 Å². The zero-order valence-electron chi connectivity index (χ0n) is 16.7.